The lowest BCUT2D eigenvalue weighted by atomic mass is 9.32. The van der Waals surface area contributed by atoms with Crippen LogP contribution < -0.4 is 0 Å². The summed E-state index contributed by atoms with van der Waals surface area (Å²) in [6.45, 7) is 37.8. The molecule has 11 aliphatic rings. The summed E-state index contributed by atoms with van der Waals surface area (Å²) in [5.41, 5.74) is 2.99. The summed E-state index contributed by atoms with van der Waals surface area (Å²) in [5.74, 6) is 9.12. The lowest BCUT2D eigenvalue weighted by Crippen LogP contribution is -2.67. The molecule has 0 aromatic rings. The monoisotopic (exact) mass is 973 g/mol. The van der Waals surface area contributed by atoms with E-state index in [2.05, 4.69) is 96.9 Å². The maximum Gasteiger partial charge on any atom is 0.157 e. The predicted octanol–water partition coefficient (Wildman–Crippen LogP) is 15.7. The number of aliphatic hydroxyl groups is 3. The summed E-state index contributed by atoms with van der Waals surface area (Å²) in [4.78, 5) is 0. The van der Waals surface area contributed by atoms with Crippen molar-refractivity contribution < 1.29 is 24.8 Å². The van der Waals surface area contributed by atoms with Gasteiger partial charge in [-0.3, -0.25) is 0 Å². The highest BCUT2D eigenvalue weighted by molar-refractivity contribution is 5.22. The Hall–Kier alpha value is -0.200. The molecule has 3 N–H and O–H groups in total. The molecule has 0 aromatic carbocycles. The van der Waals surface area contributed by atoms with Crippen molar-refractivity contribution in [2.75, 3.05) is 19.8 Å². The second-order valence-electron chi connectivity index (χ2n) is 32.0. The van der Waals surface area contributed by atoms with E-state index in [9.17, 15) is 15.3 Å². The Morgan fingerprint density at radius 3 is 1.36 bits per heavy atom. The third-order valence-electron chi connectivity index (χ3n) is 29.0. The highest BCUT2D eigenvalue weighted by Crippen LogP contribution is 2.80. The number of rotatable bonds is 6. The minimum Gasteiger partial charge on any atom is -0.396 e. The van der Waals surface area contributed by atoms with Gasteiger partial charge in [0.25, 0.3) is 0 Å². The molecule has 1 aliphatic heterocycles. The average Bonchev–Trinajstić information content (AvgIpc) is 3.90. The maximum atomic E-state index is 11.0. The van der Waals surface area contributed by atoms with E-state index in [1.165, 1.54) is 128 Å². The standard InChI is InChI=1S/C35H60O3.C30H52O2/c1-23(2)24-13-18-35(22-38-29-10-8-9-21-37-29)20-19-33(6)25(30(24)35)11-12-27-32(5)16-15-28(36)31(3,4)26(32)14-17-34(27,33)7;1-19(2)20-10-15-30(18-31)17-16-28(6)21(25(20)30)8-9-23-27(5)13-12-24(32)26(3,4)22(27)11-14-29(23,28)7/h23-30,36H,8-22H2,1-7H3;19-25,31-32H,8-18H2,1-7H3/t24-,25+,26-,27+,28-,29?,30+,32-,33+,34+,35+;20-,21+,22-,23+,24-,25+,27-,28+,29+,30+/m00/s1. The number of aliphatic hydroxyl groups excluding tert-OH is 3. The lowest BCUT2D eigenvalue weighted by molar-refractivity contribution is -0.257. The SMILES string of the molecule is CC(C)[C@@H]1CC[C@]2(CO)CC[C@]3(C)[C@H](CC[C@@H]4[C@@]5(C)CC[C@H](O)C(C)(C)[C@@H]5CC[C@]43C)[C@@H]12.CC(C)[C@@H]1CC[C@]2(COC3CCCCO3)CC[C@]3(C)[C@H](CC[C@@H]4[C@@]5(C)CC[C@H](O)C(C)(C)[C@@H]5CC[C@]43C)[C@@H]12. The van der Waals surface area contributed by atoms with E-state index >= 15 is 0 Å². The molecule has 402 valence electrons. The van der Waals surface area contributed by atoms with Crippen LogP contribution in [0, 0.1) is 125 Å². The van der Waals surface area contributed by atoms with Crippen LogP contribution in [0.3, 0.4) is 0 Å². The Morgan fingerprint density at radius 1 is 0.457 bits per heavy atom. The van der Waals surface area contributed by atoms with Gasteiger partial charge in [-0.05, 0) is 273 Å². The van der Waals surface area contributed by atoms with E-state index < -0.39 is 0 Å². The van der Waals surface area contributed by atoms with E-state index in [4.69, 9.17) is 9.47 Å². The van der Waals surface area contributed by atoms with Gasteiger partial charge in [-0.25, -0.2) is 0 Å². The molecule has 0 radical (unpaired) electrons. The molecule has 0 amide bonds. The zero-order valence-electron chi connectivity index (χ0n) is 48.2. The van der Waals surface area contributed by atoms with Gasteiger partial charge in [0.1, 0.15) is 0 Å². The van der Waals surface area contributed by atoms with Gasteiger partial charge in [0, 0.05) is 13.2 Å². The summed E-state index contributed by atoms with van der Waals surface area (Å²) >= 11 is 0. The van der Waals surface area contributed by atoms with Gasteiger partial charge in [-0.2, -0.15) is 0 Å². The van der Waals surface area contributed by atoms with Crippen molar-refractivity contribution in [1.29, 1.82) is 0 Å². The van der Waals surface area contributed by atoms with Gasteiger partial charge < -0.3 is 24.8 Å². The highest BCUT2D eigenvalue weighted by atomic mass is 16.7. The van der Waals surface area contributed by atoms with Crippen molar-refractivity contribution in [3.8, 4) is 0 Å². The fourth-order valence-corrected chi connectivity index (χ4v) is 24.7. The number of hydrogen-bond acceptors (Lipinski definition) is 5. The van der Waals surface area contributed by atoms with E-state index in [1.807, 2.05) is 0 Å². The molecule has 0 spiro atoms. The van der Waals surface area contributed by atoms with Crippen LogP contribution in [-0.2, 0) is 9.47 Å². The molecule has 1 saturated heterocycles. The van der Waals surface area contributed by atoms with Gasteiger partial charge in [0.15, 0.2) is 6.29 Å². The second-order valence-corrected chi connectivity index (χ2v) is 32.0. The molecule has 70 heavy (non-hydrogen) atoms. The summed E-state index contributed by atoms with van der Waals surface area (Å²) in [6.07, 6.45) is 29.2. The second kappa shape index (κ2) is 17.9. The van der Waals surface area contributed by atoms with Gasteiger partial charge in [-0.1, -0.05) is 96.9 Å². The first-order valence-corrected chi connectivity index (χ1v) is 31.0. The molecule has 1 unspecified atom stereocenters. The molecule has 21 atom stereocenters. The molecule has 11 fully saturated rings. The molecule has 11 rings (SSSR count). The van der Waals surface area contributed by atoms with E-state index in [1.54, 1.807) is 0 Å². The molecular weight excluding hydrogens is 861 g/mol. The first-order valence-electron chi connectivity index (χ1n) is 31.0. The van der Waals surface area contributed by atoms with Crippen LogP contribution in [0.5, 0.6) is 0 Å². The van der Waals surface area contributed by atoms with Crippen molar-refractivity contribution >= 4 is 0 Å². The first kappa shape index (κ1) is 53.2. The van der Waals surface area contributed by atoms with Crippen molar-refractivity contribution in [2.24, 2.45) is 125 Å². The van der Waals surface area contributed by atoms with Gasteiger partial charge in [0.05, 0.1) is 18.8 Å². The van der Waals surface area contributed by atoms with E-state index in [0.29, 0.717) is 56.3 Å². The maximum absolute atomic E-state index is 11.0. The number of fused-ring (bicyclic) bond motifs is 14. The minimum absolute atomic E-state index is 0.0404. The topological polar surface area (TPSA) is 79.2 Å². The van der Waals surface area contributed by atoms with Gasteiger partial charge in [-0.15, -0.1) is 0 Å². The highest BCUT2D eigenvalue weighted by Gasteiger charge is 2.73. The van der Waals surface area contributed by atoms with Gasteiger partial charge in [0.2, 0.25) is 0 Å². The van der Waals surface area contributed by atoms with E-state index in [-0.39, 0.29) is 34.7 Å². The molecule has 0 aromatic heterocycles. The fraction of sp³-hybridized carbons (Fsp3) is 1.00. The molecule has 10 saturated carbocycles. The zero-order valence-corrected chi connectivity index (χ0v) is 48.2. The van der Waals surface area contributed by atoms with Gasteiger partial charge >= 0.3 is 0 Å². The normalized spacial score (nSPS) is 55.3. The van der Waals surface area contributed by atoms with Crippen molar-refractivity contribution in [3.05, 3.63) is 0 Å². The van der Waals surface area contributed by atoms with Crippen LogP contribution >= 0.6 is 0 Å². The summed E-state index contributed by atoms with van der Waals surface area (Å²) in [6, 6.07) is 0. The Labute approximate surface area is 431 Å². The molecule has 5 heteroatoms. The third kappa shape index (κ3) is 7.36. The number of hydrogen-bond donors (Lipinski definition) is 3. The fourth-order valence-electron chi connectivity index (χ4n) is 24.7. The zero-order chi connectivity index (χ0) is 50.5. The lowest BCUT2D eigenvalue weighted by Gasteiger charge is -2.73. The number of ether oxygens (including phenoxy) is 2. The van der Waals surface area contributed by atoms with Crippen LogP contribution in [0.2, 0.25) is 0 Å². The molecule has 5 nitrogen and oxygen atoms in total. The summed E-state index contributed by atoms with van der Waals surface area (Å²) in [7, 11) is 0. The first-order chi connectivity index (χ1) is 32.8. The average molecular weight is 974 g/mol. The van der Waals surface area contributed by atoms with Crippen LogP contribution in [0.4, 0.5) is 0 Å². The molecule has 10 aliphatic carbocycles. The quantitative estimate of drug-likeness (QED) is 0.247. The van der Waals surface area contributed by atoms with Crippen molar-refractivity contribution in [3.63, 3.8) is 0 Å². The molecular formula is C65H112O5. The van der Waals surface area contributed by atoms with Crippen LogP contribution in [0.25, 0.3) is 0 Å². The Bertz CT molecular complexity index is 1880. The Morgan fingerprint density at radius 2 is 0.914 bits per heavy atom. The predicted molar refractivity (Wildman–Crippen MR) is 287 cm³/mol. The van der Waals surface area contributed by atoms with E-state index in [0.717, 1.165) is 91.7 Å². The largest absolute Gasteiger partial charge is 0.396 e. The van der Waals surface area contributed by atoms with Crippen LogP contribution in [0.1, 0.15) is 245 Å². The summed E-state index contributed by atoms with van der Waals surface area (Å²) in [5, 5.41) is 32.6. The van der Waals surface area contributed by atoms with Crippen molar-refractivity contribution in [1.82, 2.24) is 0 Å². The third-order valence-corrected chi connectivity index (χ3v) is 29.0. The summed E-state index contributed by atoms with van der Waals surface area (Å²) < 4.78 is 12.7. The molecule has 0 bridgehead atoms. The smallest absolute Gasteiger partial charge is 0.157 e. The van der Waals surface area contributed by atoms with Crippen LogP contribution in [0.15, 0.2) is 0 Å². The Balaban J connectivity index is 0.000000165. The minimum atomic E-state index is -0.137. The van der Waals surface area contributed by atoms with Crippen LogP contribution in [-0.4, -0.2) is 53.6 Å². The van der Waals surface area contributed by atoms with Crippen molar-refractivity contribution in [2.45, 2.75) is 263 Å². The molecule has 1 heterocycles. The Kier molecular flexibility index (Phi) is 13.6.